The molecule has 0 saturated heterocycles. The van der Waals surface area contributed by atoms with E-state index in [-0.39, 0.29) is 5.69 Å². The Hall–Kier alpha value is -1.51. The van der Waals surface area contributed by atoms with E-state index in [1.54, 1.807) is 0 Å². The summed E-state index contributed by atoms with van der Waals surface area (Å²) in [6.07, 6.45) is 0.991. The van der Waals surface area contributed by atoms with Crippen molar-refractivity contribution in [3.8, 4) is 0 Å². The zero-order valence-electron chi connectivity index (χ0n) is 8.42. The molecule has 2 rings (SSSR count). The molecule has 0 unspecified atom stereocenters. The summed E-state index contributed by atoms with van der Waals surface area (Å²) in [6, 6.07) is 5.95. The van der Waals surface area contributed by atoms with E-state index < -0.39 is 0 Å². The van der Waals surface area contributed by atoms with Gasteiger partial charge in [-0.25, -0.2) is 4.79 Å². The van der Waals surface area contributed by atoms with Gasteiger partial charge in [0.15, 0.2) is 0 Å². The molecular formula is C11H14N2O. The molecule has 0 saturated carbocycles. The quantitative estimate of drug-likeness (QED) is 0.748. The highest BCUT2D eigenvalue weighted by atomic mass is 16.1. The summed E-state index contributed by atoms with van der Waals surface area (Å²) < 4.78 is 0. The Balaban J connectivity index is 2.58. The molecule has 0 bridgehead atoms. The molecule has 3 nitrogen and oxygen atoms in total. The largest absolute Gasteiger partial charge is 0.323 e. The normalized spacial score (nSPS) is 11.4. The van der Waals surface area contributed by atoms with Crippen molar-refractivity contribution in [2.45, 2.75) is 20.3 Å². The van der Waals surface area contributed by atoms with Crippen molar-refractivity contribution in [1.29, 1.82) is 0 Å². The van der Waals surface area contributed by atoms with Gasteiger partial charge in [0.2, 0.25) is 0 Å². The SMILES string of the molecule is CC(C)Cc1cccc2[nH]c(=O)[nH]c12. The van der Waals surface area contributed by atoms with E-state index in [4.69, 9.17) is 0 Å². The molecule has 0 aliphatic carbocycles. The van der Waals surface area contributed by atoms with Gasteiger partial charge in [-0.1, -0.05) is 26.0 Å². The zero-order valence-corrected chi connectivity index (χ0v) is 8.42. The monoisotopic (exact) mass is 190 g/mol. The summed E-state index contributed by atoms with van der Waals surface area (Å²) >= 11 is 0. The molecule has 14 heavy (non-hydrogen) atoms. The number of aromatic nitrogens is 2. The molecule has 0 fully saturated rings. The van der Waals surface area contributed by atoms with Crippen LogP contribution in [0.15, 0.2) is 23.0 Å². The zero-order chi connectivity index (χ0) is 10.1. The van der Waals surface area contributed by atoms with Gasteiger partial charge >= 0.3 is 5.69 Å². The van der Waals surface area contributed by atoms with Gasteiger partial charge in [0, 0.05) is 0 Å². The van der Waals surface area contributed by atoms with Crippen LogP contribution in [0, 0.1) is 5.92 Å². The Kier molecular flexibility index (Phi) is 2.15. The molecule has 74 valence electrons. The minimum Gasteiger partial charge on any atom is -0.306 e. The number of aromatic amines is 2. The number of nitrogens with one attached hydrogen (secondary N) is 2. The maximum Gasteiger partial charge on any atom is 0.323 e. The van der Waals surface area contributed by atoms with Gasteiger partial charge in [0.25, 0.3) is 0 Å². The molecule has 0 spiro atoms. The minimum absolute atomic E-state index is 0.129. The first-order chi connectivity index (χ1) is 6.66. The Bertz CT molecular complexity index is 493. The van der Waals surface area contributed by atoms with Crippen molar-refractivity contribution >= 4 is 11.0 Å². The fourth-order valence-electron chi connectivity index (χ4n) is 1.73. The fourth-order valence-corrected chi connectivity index (χ4v) is 1.73. The lowest BCUT2D eigenvalue weighted by Crippen LogP contribution is -2.00. The maximum atomic E-state index is 11.1. The van der Waals surface area contributed by atoms with Gasteiger partial charge in [-0.2, -0.15) is 0 Å². The lowest BCUT2D eigenvalue weighted by molar-refractivity contribution is 0.649. The summed E-state index contributed by atoms with van der Waals surface area (Å²) in [5, 5.41) is 0. The number of imidazole rings is 1. The molecular weight excluding hydrogens is 176 g/mol. The van der Waals surface area contributed by atoms with E-state index in [0.29, 0.717) is 5.92 Å². The van der Waals surface area contributed by atoms with E-state index in [2.05, 4.69) is 29.9 Å². The van der Waals surface area contributed by atoms with E-state index in [1.165, 1.54) is 5.56 Å². The fraction of sp³-hybridized carbons (Fsp3) is 0.364. The van der Waals surface area contributed by atoms with Crippen LogP contribution >= 0.6 is 0 Å². The van der Waals surface area contributed by atoms with Crippen LogP contribution in [0.25, 0.3) is 11.0 Å². The van der Waals surface area contributed by atoms with Gasteiger partial charge < -0.3 is 9.97 Å². The Morgan fingerprint density at radius 3 is 2.79 bits per heavy atom. The van der Waals surface area contributed by atoms with Crippen molar-refractivity contribution in [1.82, 2.24) is 9.97 Å². The molecule has 0 aliphatic rings. The molecule has 1 aromatic heterocycles. The number of fused-ring (bicyclic) bond motifs is 1. The van der Waals surface area contributed by atoms with E-state index in [9.17, 15) is 4.79 Å². The van der Waals surface area contributed by atoms with Crippen molar-refractivity contribution in [2.24, 2.45) is 5.92 Å². The molecule has 3 heteroatoms. The van der Waals surface area contributed by atoms with Crippen molar-refractivity contribution in [2.75, 3.05) is 0 Å². The van der Waals surface area contributed by atoms with Crippen LogP contribution in [0.1, 0.15) is 19.4 Å². The summed E-state index contributed by atoms with van der Waals surface area (Å²) in [5.41, 5.74) is 2.92. The number of hydrogen-bond acceptors (Lipinski definition) is 1. The summed E-state index contributed by atoms with van der Waals surface area (Å²) in [7, 11) is 0. The number of rotatable bonds is 2. The average molecular weight is 190 g/mol. The molecule has 0 amide bonds. The van der Waals surface area contributed by atoms with Crippen LogP contribution in [0.2, 0.25) is 0 Å². The average Bonchev–Trinajstić information content (AvgIpc) is 2.45. The summed E-state index contributed by atoms with van der Waals surface area (Å²) in [4.78, 5) is 16.7. The molecule has 1 aromatic carbocycles. The van der Waals surface area contributed by atoms with Crippen molar-refractivity contribution in [3.05, 3.63) is 34.2 Å². The first kappa shape index (κ1) is 9.06. The Morgan fingerprint density at radius 2 is 2.07 bits per heavy atom. The second kappa shape index (κ2) is 3.33. The lowest BCUT2D eigenvalue weighted by atomic mass is 10.0. The second-order valence-corrected chi connectivity index (χ2v) is 4.02. The number of hydrogen-bond donors (Lipinski definition) is 2. The molecule has 1 heterocycles. The summed E-state index contributed by atoms with van der Waals surface area (Å²) in [6.45, 7) is 4.34. The third-order valence-electron chi connectivity index (χ3n) is 2.27. The third kappa shape index (κ3) is 1.58. The lowest BCUT2D eigenvalue weighted by Gasteiger charge is -2.05. The van der Waals surface area contributed by atoms with Crippen LogP contribution in [0.5, 0.6) is 0 Å². The Morgan fingerprint density at radius 1 is 1.29 bits per heavy atom. The summed E-state index contributed by atoms with van der Waals surface area (Å²) in [5.74, 6) is 0.596. The van der Waals surface area contributed by atoms with Crippen molar-refractivity contribution in [3.63, 3.8) is 0 Å². The standard InChI is InChI=1S/C11H14N2O/c1-7(2)6-8-4-3-5-9-10(8)13-11(14)12-9/h3-5,7H,6H2,1-2H3,(H2,12,13,14). The molecule has 0 atom stereocenters. The van der Waals surface area contributed by atoms with Crippen LogP contribution in [0.3, 0.4) is 0 Å². The molecule has 2 aromatic rings. The smallest absolute Gasteiger partial charge is 0.306 e. The van der Waals surface area contributed by atoms with E-state index in [1.807, 2.05) is 12.1 Å². The highest BCUT2D eigenvalue weighted by Crippen LogP contribution is 2.16. The van der Waals surface area contributed by atoms with Crippen LogP contribution in [0.4, 0.5) is 0 Å². The topological polar surface area (TPSA) is 48.6 Å². The minimum atomic E-state index is -0.129. The van der Waals surface area contributed by atoms with Crippen molar-refractivity contribution < 1.29 is 0 Å². The van der Waals surface area contributed by atoms with Gasteiger partial charge in [-0.15, -0.1) is 0 Å². The predicted octanol–water partition coefficient (Wildman–Crippen LogP) is 2.05. The van der Waals surface area contributed by atoms with Crippen LogP contribution in [-0.4, -0.2) is 9.97 Å². The first-order valence-corrected chi connectivity index (χ1v) is 4.86. The molecule has 0 radical (unpaired) electrons. The predicted molar refractivity (Wildman–Crippen MR) is 57.5 cm³/mol. The number of para-hydroxylation sites is 1. The van der Waals surface area contributed by atoms with Crippen LogP contribution in [-0.2, 0) is 6.42 Å². The second-order valence-electron chi connectivity index (χ2n) is 4.02. The van der Waals surface area contributed by atoms with Gasteiger partial charge in [0.05, 0.1) is 11.0 Å². The van der Waals surface area contributed by atoms with E-state index >= 15 is 0 Å². The third-order valence-corrected chi connectivity index (χ3v) is 2.27. The molecule has 2 N–H and O–H groups in total. The highest BCUT2D eigenvalue weighted by molar-refractivity contribution is 5.78. The first-order valence-electron chi connectivity index (χ1n) is 4.86. The highest BCUT2D eigenvalue weighted by Gasteiger charge is 2.05. The van der Waals surface area contributed by atoms with Gasteiger partial charge in [-0.3, -0.25) is 0 Å². The Labute approximate surface area is 82.2 Å². The van der Waals surface area contributed by atoms with Crippen LogP contribution < -0.4 is 5.69 Å². The maximum absolute atomic E-state index is 11.1. The molecule has 0 aliphatic heterocycles. The number of benzene rings is 1. The number of H-pyrrole nitrogens is 2. The van der Waals surface area contributed by atoms with E-state index in [0.717, 1.165) is 17.5 Å². The van der Waals surface area contributed by atoms with Gasteiger partial charge in [-0.05, 0) is 24.0 Å². The van der Waals surface area contributed by atoms with Gasteiger partial charge in [0.1, 0.15) is 0 Å².